The first-order valence-electron chi connectivity index (χ1n) is 2.60. The molecule has 0 spiro atoms. The zero-order chi connectivity index (χ0) is 6.24. The van der Waals surface area contributed by atoms with Crippen LogP contribution in [0.5, 0.6) is 0 Å². The molecule has 51 valence electrons. The Morgan fingerprint density at radius 2 is 1.11 bits per heavy atom. The van der Waals surface area contributed by atoms with Gasteiger partial charge in [0.25, 0.3) is 0 Å². The summed E-state index contributed by atoms with van der Waals surface area (Å²) in [4.78, 5) is 0. The average Bonchev–Trinajstić information content (AvgIpc) is 1.96. The van der Waals surface area contributed by atoms with E-state index >= 15 is 0 Å². The summed E-state index contributed by atoms with van der Waals surface area (Å²) in [5.74, 6) is 0. The third kappa shape index (κ3) is 8.88. The molecule has 0 amide bonds. The fourth-order valence-corrected chi connectivity index (χ4v) is 0.440. The first-order chi connectivity index (χ1) is 4.00. The van der Waals surface area contributed by atoms with Crippen LogP contribution in [0.2, 0.25) is 0 Å². The third-order valence-corrected chi connectivity index (χ3v) is 0.744. The first-order valence-corrected chi connectivity index (χ1v) is 2.60. The second-order valence-corrected chi connectivity index (χ2v) is 1.22. The molecule has 0 aliphatic carbocycles. The number of hydrogen-bond acceptors (Lipinski definition) is 3. The topological polar surface area (TPSA) is 38.7 Å². The van der Waals surface area contributed by atoms with Crippen LogP contribution < -0.4 is 0 Å². The number of rotatable bonds is 0. The van der Waals surface area contributed by atoms with Crippen molar-refractivity contribution in [2.75, 3.05) is 33.5 Å². The van der Waals surface area contributed by atoms with Crippen molar-refractivity contribution in [3.05, 3.63) is 0 Å². The van der Waals surface area contributed by atoms with Crippen molar-refractivity contribution in [1.82, 2.24) is 0 Å². The van der Waals surface area contributed by atoms with Crippen LogP contribution in [0.3, 0.4) is 0 Å². The fourth-order valence-electron chi connectivity index (χ4n) is 0.440. The van der Waals surface area contributed by atoms with Crippen molar-refractivity contribution < 1.29 is 14.6 Å². The predicted octanol–water partition coefficient (Wildman–Crippen LogP) is -0.739. The summed E-state index contributed by atoms with van der Waals surface area (Å²) in [5, 5.41) is 7.00. The predicted molar refractivity (Wildman–Crippen MR) is 35.5 cm³/mol. The maximum absolute atomic E-state index is 7.00. The van der Waals surface area contributed by atoms with Crippen molar-refractivity contribution in [3.63, 3.8) is 0 Å². The third-order valence-electron chi connectivity index (χ3n) is 0.744. The van der Waals surface area contributed by atoms with E-state index in [0.717, 1.165) is 33.5 Å². The van der Waals surface area contributed by atoms with Gasteiger partial charge in [-0.05, 0) is 0 Å². The van der Waals surface area contributed by atoms with Gasteiger partial charge in [-0.15, -0.1) is 0 Å². The van der Waals surface area contributed by atoms with E-state index in [9.17, 15) is 0 Å². The van der Waals surface area contributed by atoms with Crippen molar-refractivity contribution in [1.29, 1.82) is 0 Å². The smallest absolute Gasteiger partial charge is 0.0701 e. The van der Waals surface area contributed by atoms with E-state index in [1.165, 1.54) is 0 Å². The Kier molecular flexibility index (Phi) is 16.2. The molecule has 0 saturated carbocycles. The van der Waals surface area contributed by atoms with Crippen molar-refractivity contribution in [2.45, 2.75) is 0 Å². The number of aliphatic hydroxyl groups excluding tert-OH is 1. The summed E-state index contributed by atoms with van der Waals surface area (Å²) in [7, 11) is 1.00. The molecule has 1 aliphatic rings. The molecule has 1 heterocycles. The van der Waals surface area contributed by atoms with Crippen LogP contribution in [0.1, 0.15) is 0 Å². The molecule has 4 heteroatoms. The molecule has 9 heavy (non-hydrogen) atoms. The van der Waals surface area contributed by atoms with Gasteiger partial charge < -0.3 is 14.6 Å². The Morgan fingerprint density at radius 1 is 0.889 bits per heavy atom. The van der Waals surface area contributed by atoms with Crippen LogP contribution >= 0.6 is 0 Å². The molecule has 3 nitrogen and oxygen atoms in total. The van der Waals surface area contributed by atoms with Gasteiger partial charge in [-0.2, -0.15) is 0 Å². The average molecular weight is 143 g/mol. The van der Waals surface area contributed by atoms with Gasteiger partial charge in [0, 0.05) is 36.7 Å². The van der Waals surface area contributed by atoms with Crippen LogP contribution in [0.25, 0.3) is 0 Å². The minimum atomic E-state index is 0. The molecule has 0 bridgehead atoms. The van der Waals surface area contributed by atoms with E-state index in [0.29, 0.717) is 0 Å². The van der Waals surface area contributed by atoms with Crippen LogP contribution in [-0.2, 0) is 9.47 Å². The first kappa shape index (κ1) is 12.5. The fraction of sp³-hybridized carbons (Fsp3) is 1.00. The molecule has 1 N–H and O–H groups in total. The molecule has 0 aromatic carbocycles. The maximum Gasteiger partial charge on any atom is 0.0701 e. The van der Waals surface area contributed by atoms with Gasteiger partial charge in [0.05, 0.1) is 26.4 Å². The Labute approximate surface area is 77.6 Å². The van der Waals surface area contributed by atoms with Crippen LogP contribution in [0, 0.1) is 0 Å². The van der Waals surface area contributed by atoms with Crippen LogP contribution in [0.4, 0.5) is 0 Å². The van der Waals surface area contributed by atoms with E-state index in [4.69, 9.17) is 14.6 Å². The Balaban J connectivity index is 0. The Morgan fingerprint density at radius 3 is 1.22 bits per heavy atom. The zero-order valence-electron chi connectivity index (χ0n) is 6.09. The van der Waals surface area contributed by atoms with Crippen molar-refractivity contribution in [3.8, 4) is 0 Å². The van der Waals surface area contributed by atoms with Crippen molar-refractivity contribution in [2.24, 2.45) is 0 Å². The largest absolute Gasteiger partial charge is 0.400 e. The standard InChI is InChI=1S/C4H8O2.CH4O.Na/c1-2-6-4-3-5-1;1-2;/h1-4H2;2H,1H3;. The van der Waals surface area contributed by atoms with E-state index < -0.39 is 0 Å². The molecule has 1 radical (unpaired) electrons. The summed E-state index contributed by atoms with van der Waals surface area (Å²) >= 11 is 0. The Bertz CT molecular complexity index is 27.7. The normalized spacial score (nSPS) is 16.7. The van der Waals surface area contributed by atoms with E-state index in [1.807, 2.05) is 0 Å². The molecule has 1 aliphatic heterocycles. The number of aliphatic hydroxyl groups is 1. The van der Waals surface area contributed by atoms with Gasteiger partial charge >= 0.3 is 0 Å². The van der Waals surface area contributed by atoms with E-state index in [-0.39, 0.29) is 29.6 Å². The molecule has 1 rings (SSSR count). The minimum absolute atomic E-state index is 0. The molecule has 1 saturated heterocycles. The summed E-state index contributed by atoms with van der Waals surface area (Å²) in [5.41, 5.74) is 0. The number of hydrogen-bond donors (Lipinski definition) is 1. The number of ether oxygens (including phenoxy) is 2. The molecule has 0 unspecified atom stereocenters. The SMILES string of the molecule is C1COCCO1.CO.[Na]. The molecular formula is C5H12NaO3. The monoisotopic (exact) mass is 143 g/mol. The van der Waals surface area contributed by atoms with E-state index in [1.54, 1.807) is 0 Å². The van der Waals surface area contributed by atoms with Gasteiger partial charge in [0.1, 0.15) is 0 Å². The van der Waals surface area contributed by atoms with Crippen LogP contribution in [-0.4, -0.2) is 68.2 Å². The molecule has 0 aromatic rings. The zero-order valence-corrected chi connectivity index (χ0v) is 8.09. The maximum atomic E-state index is 7.00. The molecule has 0 aromatic heterocycles. The van der Waals surface area contributed by atoms with E-state index in [2.05, 4.69) is 0 Å². The summed E-state index contributed by atoms with van der Waals surface area (Å²) in [6, 6.07) is 0. The van der Waals surface area contributed by atoms with Gasteiger partial charge in [0.15, 0.2) is 0 Å². The van der Waals surface area contributed by atoms with Gasteiger partial charge in [-0.25, -0.2) is 0 Å². The molecular weight excluding hydrogens is 131 g/mol. The summed E-state index contributed by atoms with van der Waals surface area (Å²) in [6.45, 7) is 3.11. The Hall–Kier alpha value is 0.880. The van der Waals surface area contributed by atoms with Crippen molar-refractivity contribution >= 4 is 29.6 Å². The summed E-state index contributed by atoms with van der Waals surface area (Å²) < 4.78 is 9.89. The van der Waals surface area contributed by atoms with Gasteiger partial charge in [-0.3, -0.25) is 0 Å². The van der Waals surface area contributed by atoms with Gasteiger partial charge in [-0.1, -0.05) is 0 Å². The quantitative estimate of drug-likeness (QED) is 0.454. The minimum Gasteiger partial charge on any atom is -0.400 e. The van der Waals surface area contributed by atoms with Gasteiger partial charge in [0.2, 0.25) is 0 Å². The molecule has 1 fully saturated rings. The second-order valence-electron chi connectivity index (χ2n) is 1.22. The second kappa shape index (κ2) is 11.6. The van der Waals surface area contributed by atoms with Crippen LogP contribution in [0.15, 0.2) is 0 Å². The summed E-state index contributed by atoms with van der Waals surface area (Å²) in [6.07, 6.45) is 0. The molecule has 0 atom stereocenters.